The zero-order valence-corrected chi connectivity index (χ0v) is 13.7. The Kier molecular flexibility index (Phi) is 4.17. The first-order valence-corrected chi connectivity index (χ1v) is 7.78. The molecule has 2 aromatic carbocycles. The molecule has 110 valence electrons. The summed E-state index contributed by atoms with van der Waals surface area (Å²) in [5, 5.41) is 3.38. The Hall–Kier alpha value is -1.52. The molecular formula is C17H18BrNO2. The number of hydrogen-bond donors (Lipinski definition) is 1. The first-order valence-electron chi connectivity index (χ1n) is 6.99. The van der Waals surface area contributed by atoms with Gasteiger partial charge in [0, 0.05) is 28.1 Å². The molecule has 0 radical (unpaired) electrons. The topological polar surface area (TPSA) is 30.5 Å². The Balaban J connectivity index is 1.99. The number of methoxy groups -OCH3 is 1. The van der Waals surface area contributed by atoms with Gasteiger partial charge in [-0.25, -0.2) is 0 Å². The Morgan fingerprint density at radius 1 is 1.19 bits per heavy atom. The quantitative estimate of drug-likeness (QED) is 0.900. The van der Waals surface area contributed by atoms with Gasteiger partial charge in [0.1, 0.15) is 17.6 Å². The fourth-order valence-electron chi connectivity index (χ4n) is 2.84. The monoisotopic (exact) mass is 347 g/mol. The van der Waals surface area contributed by atoms with E-state index in [0.29, 0.717) is 0 Å². The minimum Gasteiger partial charge on any atom is -0.496 e. The number of nitrogens with one attached hydrogen (secondary N) is 1. The third-order valence-electron chi connectivity index (χ3n) is 3.90. The van der Waals surface area contributed by atoms with Gasteiger partial charge in [0.05, 0.1) is 7.11 Å². The van der Waals surface area contributed by atoms with E-state index in [1.807, 2.05) is 37.4 Å². The molecule has 3 nitrogen and oxygen atoms in total. The highest BCUT2D eigenvalue weighted by Gasteiger charge is 2.30. The van der Waals surface area contributed by atoms with Crippen LogP contribution in [0.3, 0.4) is 0 Å². The molecule has 2 atom stereocenters. The molecular weight excluding hydrogens is 330 g/mol. The molecule has 1 heterocycles. The van der Waals surface area contributed by atoms with E-state index in [-0.39, 0.29) is 12.1 Å². The van der Waals surface area contributed by atoms with Crippen molar-refractivity contribution >= 4 is 15.9 Å². The van der Waals surface area contributed by atoms with Gasteiger partial charge < -0.3 is 14.8 Å². The van der Waals surface area contributed by atoms with Crippen LogP contribution in [0.15, 0.2) is 46.9 Å². The number of ether oxygens (including phenoxy) is 2. The van der Waals surface area contributed by atoms with E-state index in [1.165, 1.54) is 5.56 Å². The van der Waals surface area contributed by atoms with Crippen molar-refractivity contribution in [3.05, 3.63) is 58.1 Å². The molecule has 0 aromatic heterocycles. The van der Waals surface area contributed by atoms with Crippen molar-refractivity contribution in [2.24, 2.45) is 0 Å². The summed E-state index contributed by atoms with van der Waals surface area (Å²) in [6.07, 6.45) is 0.868. The molecule has 4 heteroatoms. The van der Waals surface area contributed by atoms with Crippen LogP contribution in [0.4, 0.5) is 0 Å². The van der Waals surface area contributed by atoms with Crippen molar-refractivity contribution in [2.75, 3.05) is 14.2 Å². The van der Waals surface area contributed by atoms with Crippen LogP contribution in [0.1, 0.15) is 29.7 Å². The normalized spacial score (nSPS) is 20.5. The number of halogens is 1. The van der Waals surface area contributed by atoms with E-state index in [9.17, 15) is 0 Å². The van der Waals surface area contributed by atoms with Crippen molar-refractivity contribution in [3.8, 4) is 11.5 Å². The smallest absolute Gasteiger partial charge is 0.129 e. The summed E-state index contributed by atoms with van der Waals surface area (Å²) in [6.45, 7) is 0. The third-order valence-corrected chi connectivity index (χ3v) is 4.39. The highest BCUT2D eigenvalue weighted by molar-refractivity contribution is 9.10. The molecule has 2 unspecified atom stereocenters. The minimum absolute atomic E-state index is 0.00715. The van der Waals surface area contributed by atoms with E-state index in [4.69, 9.17) is 9.47 Å². The molecule has 21 heavy (non-hydrogen) atoms. The second kappa shape index (κ2) is 6.08. The molecule has 0 saturated heterocycles. The van der Waals surface area contributed by atoms with Crippen LogP contribution >= 0.6 is 15.9 Å². The van der Waals surface area contributed by atoms with Gasteiger partial charge in [0.25, 0.3) is 0 Å². The lowest BCUT2D eigenvalue weighted by atomic mass is 9.92. The standard InChI is InChI=1S/C17H18BrNO2/c1-19-14-10-17(12-5-3-4-6-15(12)20-2)21-16-8-7-11(18)9-13(14)16/h3-9,14,17,19H,10H2,1-2H3. The van der Waals surface area contributed by atoms with E-state index >= 15 is 0 Å². The van der Waals surface area contributed by atoms with Gasteiger partial charge >= 0.3 is 0 Å². The molecule has 0 saturated carbocycles. The molecule has 1 aliphatic heterocycles. The molecule has 0 amide bonds. The fraction of sp³-hybridized carbons (Fsp3) is 0.294. The number of benzene rings is 2. The lowest BCUT2D eigenvalue weighted by Gasteiger charge is -2.33. The molecule has 0 fully saturated rings. The maximum absolute atomic E-state index is 6.21. The van der Waals surface area contributed by atoms with Crippen molar-refractivity contribution < 1.29 is 9.47 Å². The summed E-state index contributed by atoms with van der Waals surface area (Å²) >= 11 is 3.53. The third kappa shape index (κ3) is 2.78. The zero-order valence-electron chi connectivity index (χ0n) is 12.1. The summed E-state index contributed by atoms with van der Waals surface area (Å²) in [5.41, 5.74) is 2.28. The van der Waals surface area contributed by atoms with E-state index in [1.54, 1.807) is 7.11 Å². The lowest BCUT2D eigenvalue weighted by Crippen LogP contribution is -2.27. The highest BCUT2D eigenvalue weighted by atomic mass is 79.9. The van der Waals surface area contributed by atoms with Gasteiger partial charge in [-0.1, -0.05) is 34.1 Å². The van der Waals surface area contributed by atoms with Crippen LogP contribution in [-0.4, -0.2) is 14.2 Å². The maximum atomic E-state index is 6.21. The van der Waals surface area contributed by atoms with Gasteiger partial charge in [-0.3, -0.25) is 0 Å². The first-order chi connectivity index (χ1) is 10.2. The van der Waals surface area contributed by atoms with Crippen LogP contribution in [0.2, 0.25) is 0 Å². The van der Waals surface area contributed by atoms with Crippen LogP contribution in [0.25, 0.3) is 0 Å². The van der Waals surface area contributed by atoms with Gasteiger partial charge in [0.2, 0.25) is 0 Å². The maximum Gasteiger partial charge on any atom is 0.129 e. The average molecular weight is 348 g/mol. The summed E-state index contributed by atoms with van der Waals surface area (Å²) in [4.78, 5) is 0. The van der Waals surface area contributed by atoms with Gasteiger partial charge in [-0.15, -0.1) is 0 Å². The molecule has 0 bridgehead atoms. The van der Waals surface area contributed by atoms with Crippen LogP contribution in [0.5, 0.6) is 11.5 Å². The Bertz CT molecular complexity index is 644. The summed E-state index contributed by atoms with van der Waals surface area (Å²) in [6, 6.07) is 14.5. The number of fused-ring (bicyclic) bond motifs is 1. The Morgan fingerprint density at radius 3 is 2.76 bits per heavy atom. The molecule has 0 spiro atoms. The van der Waals surface area contributed by atoms with Gasteiger partial charge in [-0.05, 0) is 31.3 Å². The Labute approximate surface area is 133 Å². The first kappa shape index (κ1) is 14.4. The number of rotatable bonds is 3. The molecule has 0 aliphatic carbocycles. The van der Waals surface area contributed by atoms with Crippen LogP contribution in [-0.2, 0) is 0 Å². The minimum atomic E-state index is -0.00715. The second-order valence-electron chi connectivity index (χ2n) is 5.11. The van der Waals surface area contributed by atoms with Crippen molar-refractivity contribution in [2.45, 2.75) is 18.6 Å². The highest BCUT2D eigenvalue weighted by Crippen LogP contribution is 2.43. The summed E-state index contributed by atoms with van der Waals surface area (Å²) < 4.78 is 12.7. The van der Waals surface area contributed by atoms with Crippen LogP contribution in [0, 0.1) is 0 Å². The predicted octanol–water partition coefficient (Wildman–Crippen LogP) is 4.24. The van der Waals surface area contributed by atoms with Gasteiger partial charge in [-0.2, -0.15) is 0 Å². The zero-order chi connectivity index (χ0) is 14.8. The van der Waals surface area contributed by atoms with Crippen molar-refractivity contribution in [3.63, 3.8) is 0 Å². The number of hydrogen-bond acceptors (Lipinski definition) is 3. The van der Waals surface area contributed by atoms with E-state index in [2.05, 4.69) is 33.4 Å². The second-order valence-corrected chi connectivity index (χ2v) is 6.02. The molecule has 3 rings (SSSR count). The van der Waals surface area contributed by atoms with Gasteiger partial charge in [0.15, 0.2) is 0 Å². The SMILES string of the molecule is CNC1CC(c2ccccc2OC)Oc2ccc(Br)cc21. The van der Waals surface area contributed by atoms with E-state index in [0.717, 1.165) is 28.0 Å². The molecule has 1 aliphatic rings. The molecule has 2 aromatic rings. The van der Waals surface area contributed by atoms with E-state index < -0.39 is 0 Å². The van der Waals surface area contributed by atoms with Crippen molar-refractivity contribution in [1.29, 1.82) is 0 Å². The lowest BCUT2D eigenvalue weighted by molar-refractivity contribution is 0.150. The fourth-order valence-corrected chi connectivity index (χ4v) is 3.22. The Morgan fingerprint density at radius 2 is 2.00 bits per heavy atom. The summed E-state index contributed by atoms with van der Waals surface area (Å²) in [7, 11) is 3.68. The predicted molar refractivity (Wildman–Crippen MR) is 86.9 cm³/mol. The average Bonchev–Trinajstić information content (AvgIpc) is 2.53. The van der Waals surface area contributed by atoms with Crippen LogP contribution < -0.4 is 14.8 Å². The summed E-state index contributed by atoms with van der Waals surface area (Å²) in [5.74, 6) is 1.80. The molecule has 1 N–H and O–H groups in total. The largest absolute Gasteiger partial charge is 0.496 e. The van der Waals surface area contributed by atoms with Crippen molar-refractivity contribution in [1.82, 2.24) is 5.32 Å². The number of para-hydroxylation sites is 1.